The summed E-state index contributed by atoms with van der Waals surface area (Å²) < 4.78 is 40.1. The first-order chi connectivity index (χ1) is 15.8. The molecule has 3 aromatic rings. The van der Waals surface area contributed by atoms with E-state index in [0.29, 0.717) is 37.1 Å². The summed E-state index contributed by atoms with van der Waals surface area (Å²) in [6.45, 7) is 3.50. The first kappa shape index (κ1) is 23.1. The highest BCUT2D eigenvalue weighted by atomic mass is 19.4. The second kappa shape index (κ2) is 9.79. The van der Waals surface area contributed by atoms with Gasteiger partial charge in [-0.15, -0.1) is 0 Å². The van der Waals surface area contributed by atoms with Gasteiger partial charge in [0.05, 0.1) is 5.56 Å². The molecule has 6 heteroatoms. The number of alkyl halides is 3. The number of amides is 1. The zero-order chi connectivity index (χ0) is 23.4. The fourth-order valence-corrected chi connectivity index (χ4v) is 4.50. The lowest BCUT2D eigenvalue weighted by Crippen LogP contribution is -2.47. The SMILES string of the molecule is Cc1cccc(N(C(=O)c2ccccc2)C2CCN(Cc3ccccc3C(F)(F)F)CC2)c1. The summed E-state index contributed by atoms with van der Waals surface area (Å²) in [5.41, 5.74) is 2.26. The summed E-state index contributed by atoms with van der Waals surface area (Å²) in [5, 5.41) is 0. The van der Waals surface area contributed by atoms with Crippen molar-refractivity contribution < 1.29 is 18.0 Å². The van der Waals surface area contributed by atoms with E-state index in [-0.39, 0.29) is 18.5 Å². The van der Waals surface area contributed by atoms with Crippen LogP contribution in [0.15, 0.2) is 78.9 Å². The van der Waals surface area contributed by atoms with Gasteiger partial charge < -0.3 is 4.90 Å². The standard InChI is InChI=1S/C27H27F3N2O/c1-20-8-7-12-24(18-20)32(26(33)21-9-3-2-4-10-21)23-14-16-31(17-15-23)19-22-11-5-6-13-25(22)27(28,29)30/h2-13,18,23H,14-17,19H2,1H3. The average molecular weight is 453 g/mol. The molecule has 0 saturated carbocycles. The van der Waals surface area contributed by atoms with Crippen molar-refractivity contribution in [3.63, 3.8) is 0 Å². The number of carbonyl (C=O) groups is 1. The van der Waals surface area contributed by atoms with Gasteiger partial charge in [-0.05, 0) is 61.2 Å². The normalized spacial score (nSPS) is 15.4. The number of anilines is 1. The molecule has 3 nitrogen and oxygen atoms in total. The van der Waals surface area contributed by atoms with Gasteiger partial charge in [-0.2, -0.15) is 13.2 Å². The zero-order valence-corrected chi connectivity index (χ0v) is 18.6. The van der Waals surface area contributed by atoms with E-state index in [4.69, 9.17) is 0 Å². The third-order valence-electron chi connectivity index (χ3n) is 6.16. The van der Waals surface area contributed by atoms with Crippen molar-refractivity contribution >= 4 is 11.6 Å². The lowest BCUT2D eigenvalue weighted by molar-refractivity contribution is -0.138. The van der Waals surface area contributed by atoms with Gasteiger partial charge in [0.2, 0.25) is 0 Å². The van der Waals surface area contributed by atoms with Crippen LogP contribution in [0.4, 0.5) is 18.9 Å². The molecule has 1 amide bonds. The predicted octanol–water partition coefficient (Wildman–Crippen LogP) is 6.33. The van der Waals surface area contributed by atoms with Gasteiger partial charge in [-0.1, -0.05) is 48.5 Å². The number of rotatable bonds is 5. The van der Waals surface area contributed by atoms with Crippen LogP contribution in [0, 0.1) is 6.92 Å². The van der Waals surface area contributed by atoms with Crippen molar-refractivity contribution in [3.8, 4) is 0 Å². The summed E-state index contributed by atoms with van der Waals surface area (Å²) in [7, 11) is 0. The van der Waals surface area contributed by atoms with E-state index in [1.165, 1.54) is 6.07 Å². The number of nitrogens with zero attached hydrogens (tertiary/aromatic N) is 2. The van der Waals surface area contributed by atoms with Crippen LogP contribution in [-0.2, 0) is 12.7 Å². The molecule has 4 rings (SSSR count). The maximum atomic E-state index is 13.5. The first-order valence-electron chi connectivity index (χ1n) is 11.2. The quantitative estimate of drug-likeness (QED) is 0.452. The lowest BCUT2D eigenvalue weighted by atomic mass is 9.99. The number of hydrogen-bond donors (Lipinski definition) is 0. The van der Waals surface area contributed by atoms with Gasteiger partial charge in [0.1, 0.15) is 0 Å². The molecule has 0 unspecified atom stereocenters. The number of aryl methyl sites for hydroxylation is 1. The van der Waals surface area contributed by atoms with Gasteiger partial charge >= 0.3 is 6.18 Å². The van der Waals surface area contributed by atoms with Crippen molar-refractivity contribution in [2.24, 2.45) is 0 Å². The molecule has 0 aliphatic carbocycles. The maximum Gasteiger partial charge on any atom is 0.416 e. The molecule has 1 saturated heterocycles. The van der Waals surface area contributed by atoms with Crippen LogP contribution < -0.4 is 4.90 Å². The fraction of sp³-hybridized carbons (Fsp3) is 0.296. The van der Waals surface area contributed by atoms with Crippen molar-refractivity contribution in [2.45, 2.75) is 38.5 Å². The second-order valence-corrected chi connectivity index (χ2v) is 8.54. The molecular formula is C27H27F3N2O. The Labute approximate surface area is 192 Å². The number of hydrogen-bond acceptors (Lipinski definition) is 2. The molecule has 1 aliphatic rings. The van der Waals surface area contributed by atoms with Crippen molar-refractivity contribution in [1.82, 2.24) is 4.90 Å². The second-order valence-electron chi connectivity index (χ2n) is 8.54. The van der Waals surface area contributed by atoms with Crippen LogP contribution in [0.25, 0.3) is 0 Å². The molecule has 1 heterocycles. The molecule has 3 aromatic carbocycles. The fourth-order valence-electron chi connectivity index (χ4n) is 4.50. The van der Waals surface area contributed by atoms with Gasteiger partial charge in [0.25, 0.3) is 5.91 Å². The summed E-state index contributed by atoms with van der Waals surface area (Å²) in [6, 6.07) is 22.8. The number of piperidine rings is 1. The first-order valence-corrected chi connectivity index (χ1v) is 11.2. The van der Waals surface area contributed by atoms with Gasteiger partial charge in [0.15, 0.2) is 0 Å². The minimum atomic E-state index is -4.36. The molecule has 0 spiro atoms. The Morgan fingerprint density at radius 1 is 0.939 bits per heavy atom. The van der Waals surface area contributed by atoms with E-state index in [9.17, 15) is 18.0 Å². The highest BCUT2D eigenvalue weighted by molar-refractivity contribution is 6.06. The minimum absolute atomic E-state index is 0.0198. The van der Waals surface area contributed by atoms with E-state index in [0.717, 1.165) is 17.3 Å². The van der Waals surface area contributed by atoms with Crippen molar-refractivity contribution in [2.75, 3.05) is 18.0 Å². The predicted molar refractivity (Wildman–Crippen MR) is 124 cm³/mol. The van der Waals surface area contributed by atoms with E-state index in [1.807, 2.05) is 71.3 Å². The Balaban J connectivity index is 1.52. The van der Waals surface area contributed by atoms with E-state index < -0.39 is 11.7 Å². The third-order valence-corrected chi connectivity index (χ3v) is 6.16. The van der Waals surface area contributed by atoms with Crippen molar-refractivity contribution in [3.05, 3.63) is 101 Å². The number of benzene rings is 3. The number of carbonyl (C=O) groups excluding carboxylic acids is 1. The van der Waals surface area contributed by atoms with E-state index >= 15 is 0 Å². The molecular weight excluding hydrogens is 425 g/mol. The summed E-state index contributed by atoms with van der Waals surface area (Å²) in [6.07, 6.45) is -2.97. The van der Waals surface area contributed by atoms with Crippen molar-refractivity contribution in [1.29, 1.82) is 0 Å². The molecule has 0 aromatic heterocycles. The highest BCUT2D eigenvalue weighted by Gasteiger charge is 2.34. The Kier molecular flexibility index (Phi) is 6.84. The summed E-state index contributed by atoms with van der Waals surface area (Å²) >= 11 is 0. The van der Waals surface area contributed by atoms with Gasteiger partial charge in [-0.3, -0.25) is 9.69 Å². The van der Waals surface area contributed by atoms with Crippen LogP contribution in [0.5, 0.6) is 0 Å². The minimum Gasteiger partial charge on any atom is -0.305 e. The molecule has 172 valence electrons. The Morgan fingerprint density at radius 2 is 1.61 bits per heavy atom. The largest absolute Gasteiger partial charge is 0.416 e. The average Bonchev–Trinajstić information content (AvgIpc) is 2.81. The smallest absolute Gasteiger partial charge is 0.305 e. The molecule has 0 atom stereocenters. The molecule has 33 heavy (non-hydrogen) atoms. The summed E-state index contributed by atoms with van der Waals surface area (Å²) in [4.78, 5) is 17.4. The molecule has 1 fully saturated rings. The number of likely N-dealkylation sites (tertiary alicyclic amines) is 1. The van der Waals surface area contributed by atoms with Crippen LogP contribution in [0.2, 0.25) is 0 Å². The molecule has 0 bridgehead atoms. The maximum absolute atomic E-state index is 13.5. The topological polar surface area (TPSA) is 23.6 Å². The van der Waals surface area contributed by atoms with E-state index in [2.05, 4.69) is 0 Å². The highest BCUT2D eigenvalue weighted by Crippen LogP contribution is 2.33. The lowest BCUT2D eigenvalue weighted by Gasteiger charge is -2.39. The Hall–Kier alpha value is -3.12. The molecule has 0 N–H and O–H groups in total. The monoisotopic (exact) mass is 452 g/mol. The van der Waals surface area contributed by atoms with Crippen LogP contribution in [-0.4, -0.2) is 29.9 Å². The van der Waals surface area contributed by atoms with E-state index in [1.54, 1.807) is 12.1 Å². The van der Waals surface area contributed by atoms with Crippen LogP contribution in [0.1, 0.15) is 39.9 Å². The Bertz CT molecular complexity index is 1090. The number of halogens is 3. The summed E-state index contributed by atoms with van der Waals surface area (Å²) in [5.74, 6) is -0.0536. The van der Waals surface area contributed by atoms with Crippen LogP contribution in [0.3, 0.4) is 0 Å². The molecule has 0 radical (unpaired) electrons. The third kappa shape index (κ3) is 5.45. The van der Waals surface area contributed by atoms with Gasteiger partial charge in [0, 0.05) is 36.9 Å². The van der Waals surface area contributed by atoms with Crippen LogP contribution >= 0.6 is 0 Å². The Morgan fingerprint density at radius 3 is 2.27 bits per heavy atom. The van der Waals surface area contributed by atoms with Gasteiger partial charge in [-0.25, -0.2) is 0 Å². The molecule has 1 aliphatic heterocycles. The zero-order valence-electron chi connectivity index (χ0n) is 18.6.